The molecule has 13 heavy (non-hydrogen) atoms. The first-order valence-electron chi connectivity index (χ1n) is 4.77. The predicted octanol–water partition coefficient (Wildman–Crippen LogP) is 0.657. The Bertz CT molecular complexity index is 207. The highest BCUT2D eigenvalue weighted by atomic mass is 16.5. The van der Waals surface area contributed by atoms with Gasteiger partial charge in [-0.15, -0.1) is 11.8 Å². The van der Waals surface area contributed by atoms with E-state index >= 15 is 0 Å². The largest absolute Gasteiger partial charge is 0.378 e. The van der Waals surface area contributed by atoms with Crippen molar-refractivity contribution >= 4 is 0 Å². The first kappa shape index (κ1) is 10.5. The number of ether oxygens (including phenoxy) is 1. The maximum absolute atomic E-state index is 5.48. The van der Waals surface area contributed by atoms with Gasteiger partial charge >= 0.3 is 0 Å². The first-order valence-corrected chi connectivity index (χ1v) is 4.77. The van der Waals surface area contributed by atoms with E-state index in [0.717, 1.165) is 19.4 Å². The van der Waals surface area contributed by atoms with E-state index < -0.39 is 0 Å². The topological polar surface area (TPSA) is 47.3 Å². The minimum absolute atomic E-state index is 0.268. The van der Waals surface area contributed by atoms with Gasteiger partial charge in [0.1, 0.15) is 0 Å². The molecule has 3 nitrogen and oxygen atoms in total. The summed E-state index contributed by atoms with van der Waals surface area (Å²) in [6.07, 6.45) is 2.20. The lowest BCUT2D eigenvalue weighted by molar-refractivity contribution is 0.0959. The van der Waals surface area contributed by atoms with Gasteiger partial charge in [0.2, 0.25) is 0 Å². The van der Waals surface area contributed by atoms with Gasteiger partial charge in [0.25, 0.3) is 0 Å². The summed E-state index contributed by atoms with van der Waals surface area (Å²) in [4.78, 5) is 0. The molecule has 0 radical (unpaired) electrons. The molecule has 0 amide bonds. The highest BCUT2D eigenvalue weighted by Gasteiger charge is 2.30. The molecule has 3 unspecified atom stereocenters. The molecule has 1 rings (SSSR count). The van der Waals surface area contributed by atoms with E-state index in [9.17, 15) is 0 Å². The summed E-state index contributed by atoms with van der Waals surface area (Å²) >= 11 is 0. The molecular weight excluding hydrogens is 164 g/mol. The van der Waals surface area contributed by atoms with E-state index in [1.54, 1.807) is 0 Å². The third-order valence-electron chi connectivity index (χ3n) is 2.66. The van der Waals surface area contributed by atoms with Crippen LogP contribution in [0.25, 0.3) is 0 Å². The number of rotatable bonds is 3. The van der Waals surface area contributed by atoms with Crippen molar-refractivity contribution in [2.45, 2.75) is 38.8 Å². The smallest absolute Gasteiger partial charge is 0.0591 e. The van der Waals surface area contributed by atoms with Crippen LogP contribution in [0.5, 0.6) is 0 Å². The summed E-state index contributed by atoms with van der Waals surface area (Å²) in [5, 5.41) is 0. The molecule has 0 aromatic heterocycles. The Morgan fingerprint density at radius 1 is 1.69 bits per heavy atom. The molecule has 3 atom stereocenters. The number of hydrazine groups is 1. The van der Waals surface area contributed by atoms with E-state index in [1.165, 1.54) is 0 Å². The van der Waals surface area contributed by atoms with Gasteiger partial charge in [-0.1, -0.05) is 0 Å². The molecule has 1 fully saturated rings. The van der Waals surface area contributed by atoms with Crippen molar-refractivity contribution in [3.8, 4) is 11.8 Å². The lowest BCUT2D eigenvalue weighted by atomic mass is 9.92. The molecule has 1 aliphatic heterocycles. The number of hydrogen-bond donors (Lipinski definition) is 2. The second-order valence-electron chi connectivity index (χ2n) is 3.43. The van der Waals surface area contributed by atoms with Crippen molar-refractivity contribution in [1.29, 1.82) is 0 Å². The Hall–Kier alpha value is -0.560. The van der Waals surface area contributed by atoms with Crippen LogP contribution in [0.15, 0.2) is 0 Å². The van der Waals surface area contributed by atoms with Crippen LogP contribution in [-0.2, 0) is 4.74 Å². The van der Waals surface area contributed by atoms with E-state index in [2.05, 4.69) is 24.2 Å². The third-order valence-corrected chi connectivity index (χ3v) is 2.66. The SMILES string of the molecule is CC#CCC(NN)C1CCOC1C. The van der Waals surface area contributed by atoms with E-state index in [4.69, 9.17) is 10.6 Å². The molecule has 3 N–H and O–H groups in total. The van der Waals surface area contributed by atoms with Crippen molar-refractivity contribution in [3.63, 3.8) is 0 Å². The molecule has 0 aliphatic carbocycles. The lowest BCUT2D eigenvalue weighted by Gasteiger charge is -2.23. The number of nitrogens with one attached hydrogen (secondary N) is 1. The maximum atomic E-state index is 5.48. The van der Waals surface area contributed by atoms with Gasteiger partial charge < -0.3 is 4.74 Å². The number of hydrogen-bond acceptors (Lipinski definition) is 3. The Kier molecular flexibility index (Phi) is 4.23. The normalized spacial score (nSPS) is 29.5. The van der Waals surface area contributed by atoms with Crippen LogP contribution < -0.4 is 11.3 Å². The molecule has 0 aromatic carbocycles. The molecule has 3 heteroatoms. The molecule has 74 valence electrons. The van der Waals surface area contributed by atoms with E-state index in [1.807, 2.05) is 6.92 Å². The second-order valence-corrected chi connectivity index (χ2v) is 3.43. The van der Waals surface area contributed by atoms with E-state index in [-0.39, 0.29) is 6.04 Å². The summed E-state index contributed by atoms with van der Waals surface area (Å²) in [5.41, 5.74) is 2.83. The van der Waals surface area contributed by atoms with Crippen LogP contribution in [0.4, 0.5) is 0 Å². The van der Waals surface area contributed by atoms with Crippen LogP contribution in [-0.4, -0.2) is 18.8 Å². The van der Waals surface area contributed by atoms with Gasteiger partial charge in [0.15, 0.2) is 0 Å². The Morgan fingerprint density at radius 3 is 2.92 bits per heavy atom. The van der Waals surface area contributed by atoms with Crippen LogP contribution in [0, 0.1) is 17.8 Å². The Balaban J connectivity index is 2.47. The summed E-state index contributed by atoms with van der Waals surface area (Å²) in [7, 11) is 0. The van der Waals surface area contributed by atoms with Gasteiger partial charge in [-0.3, -0.25) is 11.3 Å². The van der Waals surface area contributed by atoms with Crippen molar-refractivity contribution in [2.75, 3.05) is 6.61 Å². The maximum Gasteiger partial charge on any atom is 0.0591 e. The fraction of sp³-hybridized carbons (Fsp3) is 0.800. The molecular formula is C10H18N2O. The molecule has 0 bridgehead atoms. The van der Waals surface area contributed by atoms with Gasteiger partial charge in [-0.05, 0) is 20.3 Å². The average Bonchev–Trinajstić information content (AvgIpc) is 2.54. The monoisotopic (exact) mass is 182 g/mol. The molecule has 0 spiro atoms. The molecule has 1 saturated heterocycles. The second kappa shape index (κ2) is 5.23. The average molecular weight is 182 g/mol. The quantitative estimate of drug-likeness (QED) is 0.383. The minimum atomic E-state index is 0.268. The van der Waals surface area contributed by atoms with Gasteiger partial charge in [-0.2, -0.15) is 0 Å². The zero-order chi connectivity index (χ0) is 9.68. The zero-order valence-electron chi connectivity index (χ0n) is 8.34. The predicted molar refractivity (Wildman–Crippen MR) is 52.7 cm³/mol. The van der Waals surface area contributed by atoms with Crippen molar-refractivity contribution in [2.24, 2.45) is 11.8 Å². The number of nitrogens with two attached hydrogens (primary N) is 1. The molecule has 0 saturated carbocycles. The summed E-state index contributed by atoms with van der Waals surface area (Å²) in [6, 6.07) is 0.268. The summed E-state index contributed by atoms with van der Waals surface area (Å²) in [6.45, 7) is 4.80. The fourth-order valence-corrected chi connectivity index (χ4v) is 1.82. The highest BCUT2D eigenvalue weighted by Crippen LogP contribution is 2.24. The Morgan fingerprint density at radius 2 is 2.46 bits per heavy atom. The minimum Gasteiger partial charge on any atom is -0.378 e. The summed E-state index contributed by atoms with van der Waals surface area (Å²) < 4.78 is 5.48. The van der Waals surface area contributed by atoms with Crippen molar-refractivity contribution in [1.82, 2.24) is 5.43 Å². The van der Waals surface area contributed by atoms with Gasteiger partial charge in [0, 0.05) is 25.0 Å². The molecule has 1 heterocycles. The van der Waals surface area contributed by atoms with Crippen molar-refractivity contribution in [3.05, 3.63) is 0 Å². The van der Waals surface area contributed by atoms with Crippen LogP contribution in [0.3, 0.4) is 0 Å². The highest BCUT2D eigenvalue weighted by molar-refractivity contribution is 5.00. The van der Waals surface area contributed by atoms with Crippen LogP contribution in [0.2, 0.25) is 0 Å². The summed E-state index contributed by atoms with van der Waals surface area (Å²) in [5.74, 6) is 11.9. The van der Waals surface area contributed by atoms with Crippen LogP contribution in [0.1, 0.15) is 26.7 Å². The van der Waals surface area contributed by atoms with Gasteiger partial charge in [0.05, 0.1) is 6.10 Å². The van der Waals surface area contributed by atoms with Gasteiger partial charge in [-0.25, -0.2) is 0 Å². The van der Waals surface area contributed by atoms with Crippen LogP contribution >= 0.6 is 0 Å². The zero-order valence-corrected chi connectivity index (χ0v) is 8.34. The third kappa shape index (κ3) is 2.70. The van der Waals surface area contributed by atoms with Crippen molar-refractivity contribution < 1.29 is 4.74 Å². The molecule has 1 aliphatic rings. The standard InChI is InChI=1S/C10H18N2O/c1-3-4-5-10(12-11)9-6-7-13-8(9)2/h8-10,12H,5-7,11H2,1-2H3. The molecule has 0 aromatic rings. The van der Waals surface area contributed by atoms with E-state index in [0.29, 0.717) is 12.0 Å². The first-order chi connectivity index (χ1) is 6.29. The fourth-order valence-electron chi connectivity index (χ4n) is 1.82. The lowest BCUT2D eigenvalue weighted by Crippen LogP contribution is -2.43. The Labute approximate surface area is 80.0 Å².